The van der Waals surface area contributed by atoms with Crippen molar-refractivity contribution in [3.63, 3.8) is 0 Å². The summed E-state index contributed by atoms with van der Waals surface area (Å²) in [6, 6.07) is 9.29. The van der Waals surface area contributed by atoms with Crippen LogP contribution in [0.15, 0.2) is 71.7 Å². The molecule has 1 fully saturated rings. The summed E-state index contributed by atoms with van der Waals surface area (Å²) in [7, 11) is 0. The van der Waals surface area contributed by atoms with Crippen molar-refractivity contribution < 1.29 is 38.7 Å². The van der Waals surface area contributed by atoms with Gasteiger partial charge in [-0.3, -0.25) is 38.6 Å². The van der Waals surface area contributed by atoms with Gasteiger partial charge in [0.15, 0.2) is 5.96 Å². The molecule has 2 aliphatic rings. The zero-order chi connectivity index (χ0) is 38.3. The molecule has 5 atom stereocenters. The van der Waals surface area contributed by atoms with Crippen LogP contribution in [0.2, 0.25) is 0 Å². The molecular formula is C36H45N9O8. The molecule has 2 aromatic carbocycles. The average Bonchev–Trinajstić information content (AvgIpc) is 3.64. The average molecular weight is 732 g/mol. The predicted molar refractivity (Wildman–Crippen MR) is 193 cm³/mol. The van der Waals surface area contributed by atoms with Gasteiger partial charge < -0.3 is 48.1 Å². The van der Waals surface area contributed by atoms with Crippen LogP contribution in [0.4, 0.5) is 0 Å². The number of hydrogen-bond donors (Lipinski definition) is 8. The van der Waals surface area contributed by atoms with Gasteiger partial charge in [0.05, 0.1) is 12.1 Å². The van der Waals surface area contributed by atoms with E-state index in [9.17, 15) is 38.7 Å². The second-order valence-corrected chi connectivity index (χ2v) is 12.7. The molecule has 10 N–H and O–H groups in total. The van der Waals surface area contributed by atoms with Gasteiger partial charge in [-0.2, -0.15) is 0 Å². The molecule has 1 saturated heterocycles. The monoisotopic (exact) mass is 731 g/mol. The summed E-state index contributed by atoms with van der Waals surface area (Å²) in [6.45, 7) is -0.0548. The van der Waals surface area contributed by atoms with Crippen LogP contribution in [-0.2, 0) is 46.4 Å². The Hall–Kier alpha value is -6.26. The highest BCUT2D eigenvalue weighted by molar-refractivity contribution is 6.38. The van der Waals surface area contributed by atoms with E-state index in [1.165, 1.54) is 23.1 Å². The summed E-state index contributed by atoms with van der Waals surface area (Å²) in [5, 5.41) is 22.7. The van der Waals surface area contributed by atoms with Crippen molar-refractivity contribution in [1.82, 2.24) is 31.5 Å². The Morgan fingerprint density at radius 1 is 0.906 bits per heavy atom. The van der Waals surface area contributed by atoms with Crippen LogP contribution < -0.4 is 38.1 Å². The third kappa shape index (κ3) is 11.9. The lowest BCUT2D eigenvalue weighted by molar-refractivity contribution is -0.143. The van der Waals surface area contributed by atoms with Gasteiger partial charge in [0, 0.05) is 32.1 Å². The minimum absolute atomic E-state index is 0.00634. The number of fused-ring (bicyclic) bond motifs is 1. The third-order valence-electron chi connectivity index (χ3n) is 8.79. The van der Waals surface area contributed by atoms with Crippen LogP contribution in [0.5, 0.6) is 5.75 Å². The van der Waals surface area contributed by atoms with Gasteiger partial charge in [-0.05, 0) is 55.4 Å². The van der Waals surface area contributed by atoms with E-state index in [-0.39, 0.29) is 63.4 Å². The van der Waals surface area contributed by atoms with Crippen molar-refractivity contribution in [2.75, 3.05) is 19.6 Å². The molecule has 17 nitrogen and oxygen atoms in total. The van der Waals surface area contributed by atoms with E-state index in [0.29, 0.717) is 24.0 Å². The number of amides is 6. The molecule has 53 heavy (non-hydrogen) atoms. The summed E-state index contributed by atoms with van der Waals surface area (Å²) in [5.41, 5.74) is 12.2. The Balaban J connectivity index is 1.71. The van der Waals surface area contributed by atoms with Crippen LogP contribution in [0.25, 0.3) is 0 Å². The molecule has 0 bridgehead atoms. The molecule has 282 valence electrons. The van der Waals surface area contributed by atoms with Crippen LogP contribution in [0.3, 0.4) is 0 Å². The van der Waals surface area contributed by atoms with E-state index < -0.39 is 65.5 Å². The number of aromatic hydroxyl groups is 1. The predicted octanol–water partition coefficient (Wildman–Crippen LogP) is -1.95. The van der Waals surface area contributed by atoms with Gasteiger partial charge in [0.25, 0.3) is 5.91 Å². The molecule has 0 aliphatic carbocycles. The lowest BCUT2D eigenvalue weighted by atomic mass is 10.0. The van der Waals surface area contributed by atoms with E-state index in [2.05, 4.69) is 31.6 Å². The van der Waals surface area contributed by atoms with Crippen LogP contribution in [0.1, 0.15) is 36.8 Å². The molecule has 2 aromatic rings. The van der Waals surface area contributed by atoms with Gasteiger partial charge in [-0.1, -0.05) is 48.5 Å². The minimum atomic E-state index is -1.37. The lowest BCUT2D eigenvalue weighted by Crippen LogP contribution is -2.58. The normalized spacial score (nSPS) is 23.8. The zero-order valence-electron chi connectivity index (χ0n) is 29.0. The Labute approximate surface area is 306 Å². The number of benzene rings is 2. The second kappa shape index (κ2) is 19.4. The highest BCUT2D eigenvalue weighted by Gasteiger charge is 2.39. The number of hydrogen-bond acceptors (Lipinski definition) is 9. The Morgan fingerprint density at radius 2 is 1.62 bits per heavy atom. The van der Waals surface area contributed by atoms with Gasteiger partial charge in [-0.15, -0.1) is 0 Å². The van der Waals surface area contributed by atoms with E-state index in [1.807, 2.05) is 0 Å². The van der Waals surface area contributed by atoms with Crippen molar-refractivity contribution in [3.05, 3.63) is 77.9 Å². The minimum Gasteiger partial charge on any atom is -0.508 e. The molecule has 0 saturated carbocycles. The molecule has 0 radical (unpaired) electrons. The molecular weight excluding hydrogens is 686 g/mol. The van der Waals surface area contributed by atoms with E-state index in [1.54, 1.807) is 42.5 Å². The number of nitrogens with two attached hydrogens (primary N) is 2. The standard InChI is InChI=1S/C36H45N9O8/c37-36(38)39-16-4-8-26-31(49)34(52)44-27(19-22-6-2-1-3-7-22)32(50)42-24(18-23-10-13-25(47)14-11-23)12-15-30(48)40-20-28(41-21-46)35(53)45-17-5-9-29(45)33(51)43-26/h1-3,6-7,10-15,21,24,26-29,47H,4-5,8-9,16-20H2,(H,40,48)(H,41,46)(H,42,50)(H,43,51)(H,44,52)(H4,37,38,39)/b15-12+. The first-order valence-corrected chi connectivity index (χ1v) is 17.2. The fraction of sp³-hybridized carbons (Fsp3) is 0.389. The maximum atomic E-state index is 13.9. The van der Waals surface area contributed by atoms with Crippen LogP contribution in [0, 0.1) is 0 Å². The zero-order valence-corrected chi connectivity index (χ0v) is 29.0. The SMILES string of the molecule is NC(N)=NCCCC1NC(=O)C2CCCN2C(=O)C(NC=O)CNC(=O)/C=C/C(Cc2ccc(O)cc2)NC(=O)C(Cc2ccccc2)NC(=O)C1=O. The Bertz CT molecular complexity index is 1700. The fourth-order valence-electron chi connectivity index (χ4n) is 6.09. The summed E-state index contributed by atoms with van der Waals surface area (Å²) in [4.78, 5) is 98.2. The lowest BCUT2D eigenvalue weighted by Gasteiger charge is -2.29. The molecule has 4 rings (SSSR count). The first kappa shape index (κ1) is 39.5. The van der Waals surface area contributed by atoms with Gasteiger partial charge in [0.1, 0.15) is 23.9 Å². The maximum Gasteiger partial charge on any atom is 0.290 e. The van der Waals surface area contributed by atoms with Gasteiger partial charge in [-0.25, -0.2) is 0 Å². The molecule has 2 aliphatic heterocycles. The molecule has 5 unspecified atom stereocenters. The molecule has 0 spiro atoms. The maximum absolute atomic E-state index is 13.9. The van der Waals surface area contributed by atoms with Gasteiger partial charge in [0.2, 0.25) is 35.8 Å². The van der Waals surface area contributed by atoms with Crippen LogP contribution in [-0.4, -0.2) is 108 Å². The number of guanidine groups is 1. The number of nitrogens with one attached hydrogen (secondary N) is 5. The number of nitrogens with zero attached hydrogens (tertiary/aromatic N) is 2. The van der Waals surface area contributed by atoms with E-state index >= 15 is 0 Å². The van der Waals surface area contributed by atoms with Crippen LogP contribution >= 0.6 is 0 Å². The highest BCUT2D eigenvalue weighted by Crippen LogP contribution is 2.20. The van der Waals surface area contributed by atoms with Gasteiger partial charge >= 0.3 is 0 Å². The summed E-state index contributed by atoms with van der Waals surface area (Å²) < 4.78 is 0. The van der Waals surface area contributed by atoms with Crippen molar-refractivity contribution >= 4 is 47.7 Å². The molecule has 2 heterocycles. The van der Waals surface area contributed by atoms with Crippen molar-refractivity contribution in [2.45, 2.75) is 68.7 Å². The number of Topliss-reactive ketones (excluding diaryl/α,β-unsaturated/α-hetero) is 1. The number of aliphatic imine (C=N–C) groups is 1. The number of carbonyl (C=O) groups is 7. The topological polar surface area (TPSA) is 268 Å². The third-order valence-corrected chi connectivity index (χ3v) is 8.79. The molecule has 6 amide bonds. The van der Waals surface area contributed by atoms with E-state index in [4.69, 9.17) is 11.5 Å². The number of phenols is 1. The largest absolute Gasteiger partial charge is 0.508 e. The quantitative estimate of drug-likeness (QED) is 0.0440. The van der Waals surface area contributed by atoms with Crippen molar-refractivity contribution in [1.29, 1.82) is 0 Å². The van der Waals surface area contributed by atoms with Crippen molar-refractivity contribution in [3.8, 4) is 5.75 Å². The number of rotatable bonds is 10. The number of carbonyl (C=O) groups excluding carboxylic acids is 7. The first-order valence-electron chi connectivity index (χ1n) is 17.2. The van der Waals surface area contributed by atoms with Crippen molar-refractivity contribution in [2.24, 2.45) is 16.5 Å². The molecule has 0 aromatic heterocycles. The summed E-state index contributed by atoms with van der Waals surface area (Å²) >= 11 is 0. The Kier molecular flexibility index (Phi) is 14.4. The Morgan fingerprint density at radius 3 is 2.32 bits per heavy atom. The summed E-state index contributed by atoms with van der Waals surface area (Å²) in [5.74, 6) is -4.95. The second-order valence-electron chi connectivity index (χ2n) is 12.7. The smallest absolute Gasteiger partial charge is 0.290 e. The fourth-order valence-corrected chi connectivity index (χ4v) is 6.09. The first-order chi connectivity index (χ1) is 25.4. The summed E-state index contributed by atoms with van der Waals surface area (Å²) in [6.07, 6.45) is 3.88. The molecule has 17 heteroatoms. The van der Waals surface area contributed by atoms with E-state index in [0.717, 1.165) is 6.08 Å². The number of ketones is 1. The number of phenolic OH excluding ortho intramolecular Hbond substituents is 1. The highest BCUT2D eigenvalue weighted by atomic mass is 16.3.